The maximum absolute atomic E-state index is 5.50. The summed E-state index contributed by atoms with van der Waals surface area (Å²) in [4.78, 5) is 2.07. The lowest BCUT2D eigenvalue weighted by Crippen LogP contribution is -2.24. The van der Waals surface area contributed by atoms with Gasteiger partial charge in [-0.1, -0.05) is 6.08 Å². The molecule has 0 amide bonds. The van der Waals surface area contributed by atoms with Crippen LogP contribution in [0.3, 0.4) is 0 Å². The molecule has 1 atom stereocenters. The summed E-state index contributed by atoms with van der Waals surface area (Å²) < 4.78 is 0. The molecule has 0 radical (unpaired) electrons. The molecule has 1 unspecified atom stereocenters. The van der Waals surface area contributed by atoms with Gasteiger partial charge in [0, 0.05) is 19.6 Å². The van der Waals surface area contributed by atoms with E-state index in [4.69, 9.17) is 5.73 Å². The van der Waals surface area contributed by atoms with E-state index in [1.54, 1.807) is 0 Å². The average Bonchev–Trinajstić information content (AvgIpc) is 1.87. The van der Waals surface area contributed by atoms with Crippen molar-refractivity contribution in [1.29, 1.82) is 0 Å². The maximum Gasteiger partial charge on any atom is 0.0419 e. The maximum atomic E-state index is 5.50. The second-order valence-corrected chi connectivity index (χ2v) is 1.94. The highest BCUT2D eigenvalue weighted by atomic mass is 15.1. The van der Waals surface area contributed by atoms with Crippen LogP contribution >= 0.6 is 0 Å². The van der Waals surface area contributed by atoms with E-state index in [1.807, 2.05) is 19.3 Å². The third-order valence-electron chi connectivity index (χ3n) is 1.09. The van der Waals surface area contributed by atoms with Gasteiger partial charge in [0.1, 0.15) is 0 Å². The first-order valence-electron chi connectivity index (χ1n) is 2.43. The Kier molecular flexibility index (Phi) is 1.02. The molecule has 2 N–H and O–H groups in total. The number of nitrogens with two attached hydrogens (primary N) is 1. The molecule has 0 fully saturated rings. The molecule has 0 aromatic carbocycles. The van der Waals surface area contributed by atoms with E-state index < -0.39 is 0 Å². The van der Waals surface area contributed by atoms with Crippen molar-refractivity contribution < 1.29 is 0 Å². The Morgan fingerprint density at radius 2 is 2.57 bits per heavy atom. The number of likely N-dealkylation sites (N-methyl/N-ethyl adjacent to an activating group) is 1. The fourth-order valence-corrected chi connectivity index (χ4v) is 0.712. The standard InChI is InChI=1S/C5H10N2/c1-7-3-2-5(6)4-7/h2-3,5H,4,6H2,1H3. The summed E-state index contributed by atoms with van der Waals surface area (Å²) in [5, 5.41) is 0. The van der Waals surface area contributed by atoms with Gasteiger partial charge in [0.05, 0.1) is 0 Å². The lowest BCUT2D eigenvalue weighted by molar-refractivity contribution is 0.474. The monoisotopic (exact) mass is 98.1 g/mol. The van der Waals surface area contributed by atoms with Crippen molar-refractivity contribution in [2.24, 2.45) is 5.73 Å². The molecule has 7 heavy (non-hydrogen) atoms. The molecule has 0 aromatic rings. The second-order valence-electron chi connectivity index (χ2n) is 1.94. The quantitative estimate of drug-likeness (QED) is 0.453. The Labute approximate surface area is 43.6 Å². The highest BCUT2D eigenvalue weighted by Gasteiger charge is 2.04. The molecule has 40 valence electrons. The van der Waals surface area contributed by atoms with Crippen LogP contribution in [-0.4, -0.2) is 24.5 Å². The van der Waals surface area contributed by atoms with E-state index in [-0.39, 0.29) is 6.04 Å². The van der Waals surface area contributed by atoms with Gasteiger partial charge in [-0.2, -0.15) is 0 Å². The molecule has 1 heterocycles. The van der Waals surface area contributed by atoms with E-state index in [1.165, 1.54) is 0 Å². The largest absolute Gasteiger partial charge is 0.379 e. The zero-order valence-corrected chi connectivity index (χ0v) is 4.46. The summed E-state index contributed by atoms with van der Waals surface area (Å²) >= 11 is 0. The zero-order chi connectivity index (χ0) is 5.28. The molecule has 2 heteroatoms. The van der Waals surface area contributed by atoms with Crippen LogP contribution in [0.1, 0.15) is 0 Å². The van der Waals surface area contributed by atoms with Crippen LogP contribution in [-0.2, 0) is 0 Å². The van der Waals surface area contributed by atoms with Gasteiger partial charge in [-0.3, -0.25) is 0 Å². The van der Waals surface area contributed by atoms with Crippen LogP contribution in [0.5, 0.6) is 0 Å². The van der Waals surface area contributed by atoms with Gasteiger partial charge in [-0.05, 0) is 6.20 Å². The van der Waals surface area contributed by atoms with Crippen LogP contribution in [0.15, 0.2) is 12.3 Å². The molecule has 0 aromatic heterocycles. The van der Waals surface area contributed by atoms with E-state index >= 15 is 0 Å². The average molecular weight is 98.1 g/mol. The van der Waals surface area contributed by atoms with Crippen molar-refractivity contribution in [3.63, 3.8) is 0 Å². The van der Waals surface area contributed by atoms with Crippen LogP contribution in [0.25, 0.3) is 0 Å². The van der Waals surface area contributed by atoms with E-state index in [0.717, 1.165) is 6.54 Å². The van der Waals surface area contributed by atoms with Crippen LogP contribution in [0.4, 0.5) is 0 Å². The van der Waals surface area contributed by atoms with E-state index in [2.05, 4.69) is 4.90 Å². The highest BCUT2D eigenvalue weighted by Crippen LogP contribution is 1.97. The van der Waals surface area contributed by atoms with Crippen LogP contribution in [0, 0.1) is 0 Å². The minimum Gasteiger partial charge on any atom is -0.379 e. The Bertz CT molecular complexity index is 78.1. The van der Waals surface area contributed by atoms with Crippen molar-refractivity contribution >= 4 is 0 Å². The first kappa shape index (κ1) is 4.65. The van der Waals surface area contributed by atoms with Crippen molar-refractivity contribution in [2.75, 3.05) is 13.6 Å². The molecule has 0 aliphatic carbocycles. The van der Waals surface area contributed by atoms with Gasteiger partial charge in [0.15, 0.2) is 0 Å². The highest BCUT2D eigenvalue weighted by molar-refractivity contribution is 4.99. The summed E-state index contributed by atoms with van der Waals surface area (Å²) in [6.45, 7) is 0.972. The predicted molar refractivity (Wildman–Crippen MR) is 29.7 cm³/mol. The minimum atomic E-state index is 0.269. The molecular weight excluding hydrogens is 88.1 g/mol. The molecule has 1 aliphatic rings. The molecule has 0 saturated carbocycles. The van der Waals surface area contributed by atoms with Gasteiger partial charge in [0.25, 0.3) is 0 Å². The summed E-state index contributed by atoms with van der Waals surface area (Å²) in [6.07, 6.45) is 4.00. The zero-order valence-electron chi connectivity index (χ0n) is 4.46. The fourth-order valence-electron chi connectivity index (χ4n) is 0.712. The molecule has 1 aliphatic heterocycles. The normalized spacial score (nSPS) is 29.4. The first-order valence-corrected chi connectivity index (χ1v) is 2.43. The summed E-state index contributed by atoms with van der Waals surface area (Å²) in [6, 6.07) is 0.269. The molecule has 1 rings (SSSR count). The summed E-state index contributed by atoms with van der Waals surface area (Å²) in [7, 11) is 2.02. The van der Waals surface area contributed by atoms with Crippen molar-refractivity contribution in [3.05, 3.63) is 12.3 Å². The second kappa shape index (κ2) is 1.54. The molecule has 0 saturated heterocycles. The smallest absolute Gasteiger partial charge is 0.0419 e. The van der Waals surface area contributed by atoms with E-state index in [9.17, 15) is 0 Å². The molecule has 0 bridgehead atoms. The van der Waals surface area contributed by atoms with Gasteiger partial charge < -0.3 is 10.6 Å². The number of nitrogens with zero attached hydrogens (tertiary/aromatic N) is 1. The molecular formula is C5H10N2. The SMILES string of the molecule is CN1C=CC(N)C1. The van der Waals surface area contributed by atoms with Crippen LogP contribution in [0.2, 0.25) is 0 Å². The summed E-state index contributed by atoms with van der Waals surface area (Å²) in [5.74, 6) is 0. The van der Waals surface area contributed by atoms with Gasteiger partial charge in [-0.15, -0.1) is 0 Å². The van der Waals surface area contributed by atoms with Crippen LogP contribution < -0.4 is 5.73 Å². The van der Waals surface area contributed by atoms with Crippen molar-refractivity contribution in [1.82, 2.24) is 4.90 Å². The fraction of sp³-hybridized carbons (Fsp3) is 0.600. The predicted octanol–water partition coefficient (Wildman–Crippen LogP) is -0.227. The summed E-state index contributed by atoms with van der Waals surface area (Å²) in [5.41, 5.74) is 5.50. The third-order valence-corrected chi connectivity index (χ3v) is 1.09. The number of rotatable bonds is 0. The third kappa shape index (κ3) is 0.933. The lowest BCUT2D eigenvalue weighted by Gasteiger charge is -2.06. The Morgan fingerprint density at radius 1 is 1.86 bits per heavy atom. The van der Waals surface area contributed by atoms with Gasteiger partial charge in [-0.25, -0.2) is 0 Å². The number of hydrogen-bond donors (Lipinski definition) is 1. The lowest BCUT2D eigenvalue weighted by atomic mass is 10.4. The first-order chi connectivity index (χ1) is 3.29. The van der Waals surface area contributed by atoms with Crippen molar-refractivity contribution in [2.45, 2.75) is 6.04 Å². The van der Waals surface area contributed by atoms with E-state index in [0.29, 0.717) is 0 Å². The van der Waals surface area contributed by atoms with Gasteiger partial charge >= 0.3 is 0 Å². The van der Waals surface area contributed by atoms with Crippen molar-refractivity contribution in [3.8, 4) is 0 Å². The Morgan fingerprint density at radius 3 is 2.71 bits per heavy atom. The minimum absolute atomic E-state index is 0.269. The topological polar surface area (TPSA) is 29.3 Å². The Balaban J connectivity index is 2.42. The molecule has 2 nitrogen and oxygen atoms in total. The Hall–Kier alpha value is -0.500. The molecule has 0 spiro atoms. The number of hydrogen-bond acceptors (Lipinski definition) is 2. The van der Waals surface area contributed by atoms with Gasteiger partial charge in [0.2, 0.25) is 0 Å².